The minimum atomic E-state index is -0.242. The Morgan fingerprint density at radius 3 is 2.75 bits per heavy atom. The van der Waals surface area contributed by atoms with E-state index in [4.69, 9.17) is 10.5 Å². The summed E-state index contributed by atoms with van der Waals surface area (Å²) in [5, 5.41) is 5.79. The first kappa shape index (κ1) is 18.9. The number of nitrogens with zero attached hydrogens (tertiary/aromatic N) is 1. The highest BCUT2D eigenvalue weighted by Gasteiger charge is 2.21. The molecule has 0 unspecified atom stereocenters. The normalized spacial score (nSPS) is 11.2. The zero-order valence-corrected chi connectivity index (χ0v) is 17.8. The summed E-state index contributed by atoms with van der Waals surface area (Å²) in [6, 6.07) is 13.6. The van der Waals surface area contributed by atoms with Gasteiger partial charge < -0.3 is 15.8 Å². The highest BCUT2D eigenvalue weighted by Crippen LogP contribution is 2.37. The number of anilines is 2. The first-order valence-corrected chi connectivity index (χ1v) is 10.3. The molecule has 0 saturated heterocycles. The van der Waals surface area contributed by atoms with E-state index < -0.39 is 0 Å². The van der Waals surface area contributed by atoms with Crippen molar-refractivity contribution in [3.8, 4) is 0 Å². The monoisotopic (exact) mass is 455 g/mol. The van der Waals surface area contributed by atoms with E-state index in [-0.39, 0.29) is 5.91 Å². The van der Waals surface area contributed by atoms with E-state index in [9.17, 15) is 4.79 Å². The maximum absolute atomic E-state index is 13.0. The Hall–Kier alpha value is -2.48. The summed E-state index contributed by atoms with van der Waals surface area (Å²) in [7, 11) is 1.64. The predicted octanol–water partition coefficient (Wildman–Crippen LogP) is 5.50. The SMILES string of the molecule is COCc1cc(C)nc2sc(C(=O)Nc3ccc(Br)c4ccccc34)c(N)c12. The summed E-state index contributed by atoms with van der Waals surface area (Å²) in [5.74, 6) is -0.242. The first-order valence-electron chi connectivity index (χ1n) is 8.65. The summed E-state index contributed by atoms with van der Waals surface area (Å²) in [4.78, 5) is 18.8. The number of ether oxygens (including phenoxy) is 1. The molecule has 3 N–H and O–H groups in total. The van der Waals surface area contributed by atoms with Gasteiger partial charge in [0.25, 0.3) is 5.91 Å². The third-order valence-electron chi connectivity index (χ3n) is 4.53. The summed E-state index contributed by atoms with van der Waals surface area (Å²) >= 11 is 4.86. The Balaban J connectivity index is 1.77. The van der Waals surface area contributed by atoms with Gasteiger partial charge in [0.1, 0.15) is 9.71 Å². The summed E-state index contributed by atoms with van der Waals surface area (Å²) in [6.45, 7) is 2.33. The first-order chi connectivity index (χ1) is 13.5. The van der Waals surface area contributed by atoms with E-state index in [0.29, 0.717) is 17.2 Å². The summed E-state index contributed by atoms with van der Waals surface area (Å²) in [6.07, 6.45) is 0. The van der Waals surface area contributed by atoms with Crippen LogP contribution in [0.3, 0.4) is 0 Å². The van der Waals surface area contributed by atoms with E-state index in [1.165, 1.54) is 11.3 Å². The van der Waals surface area contributed by atoms with Gasteiger partial charge in [0.2, 0.25) is 0 Å². The van der Waals surface area contributed by atoms with Gasteiger partial charge in [0, 0.05) is 33.7 Å². The number of aryl methyl sites for hydroxylation is 1. The Morgan fingerprint density at radius 1 is 1.25 bits per heavy atom. The Morgan fingerprint density at radius 2 is 2.00 bits per heavy atom. The zero-order chi connectivity index (χ0) is 19.8. The van der Waals surface area contributed by atoms with Crippen LogP contribution in [0.1, 0.15) is 20.9 Å². The molecule has 0 fully saturated rings. The van der Waals surface area contributed by atoms with Gasteiger partial charge in [0.15, 0.2) is 0 Å². The minimum absolute atomic E-state index is 0.242. The number of hydrogen-bond donors (Lipinski definition) is 2. The van der Waals surface area contributed by atoms with Gasteiger partial charge in [0.05, 0.1) is 12.3 Å². The number of rotatable bonds is 4. The van der Waals surface area contributed by atoms with Crippen molar-refractivity contribution in [2.24, 2.45) is 0 Å². The molecule has 2 heterocycles. The number of hydrogen-bond acceptors (Lipinski definition) is 5. The largest absolute Gasteiger partial charge is 0.397 e. The lowest BCUT2D eigenvalue weighted by Crippen LogP contribution is -2.12. The number of fused-ring (bicyclic) bond motifs is 2. The van der Waals surface area contributed by atoms with Crippen LogP contribution in [0.25, 0.3) is 21.0 Å². The van der Waals surface area contributed by atoms with Crippen LogP contribution < -0.4 is 11.1 Å². The number of pyridine rings is 1. The number of halogens is 1. The Labute approximate surface area is 174 Å². The van der Waals surface area contributed by atoms with Crippen LogP contribution in [-0.2, 0) is 11.3 Å². The molecule has 0 spiro atoms. The highest BCUT2D eigenvalue weighted by atomic mass is 79.9. The van der Waals surface area contributed by atoms with E-state index in [0.717, 1.165) is 42.4 Å². The lowest BCUT2D eigenvalue weighted by molar-refractivity contribution is 0.103. The zero-order valence-electron chi connectivity index (χ0n) is 15.4. The topological polar surface area (TPSA) is 77.2 Å². The lowest BCUT2D eigenvalue weighted by Gasteiger charge is -2.10. The number of nitrogens with one attached hydrogen (secondary N) is 1. The molecule has 0 aliphatic carbocycles. The predicted molar refractivity (Wildman–Crippen MR) is 119 cm³/mol. The second-order valence-corrected chi connectivity index (χ2v) is 8.33. The number of thiophene rings is 1. The molecule has 0 atom stereocenters. The van der Waals surface area contributed by atoms with Gasteiger partial charge in [-0.25, -0.2) is 4.98 Å². The van der Waals surface area contributed by atoms with Gasteiger partial charge in [-0.05, 0) is 36.1 Å². The van der Waals surface area contributed by atoms with Gasteiger partial charge >= 0.3 is 0 Å². The number of methoxy groups -OCH3 is 1. The lowest BCUT2D eigenvalue weighted by atomic mass is 10.1. The molecule has 0 saturated carbocycles. The third kappa shape index (κ3) is 3.26. The van der Waals surface area contributed by atoms with E-state index in [1.807, 2.05) is 49.4 Å². The van der Waals surface area contributed by atoms with Crippen molar-refractivity contribution in [1.82, 2.24) is 4.98 Å². The fourth-order valence-corrected chi connectivity index (χ4v) is 4.89. The standard InChI is InChI=1S/C21H18BrN3O2S/c1-11-9-12(10-27-2)17-18(23)19(28-21(17)24-11)20(26)25-16-8-7-15(22)13-5-3-4-6-14(13)16/h3-9H,10,23H2,1-2H3,(H,25,26). The maximum Gasteiger partial charge on any atom is 0.267 e. The number of nitrogen functional groups attached to an aromatic ring is 1. The van der Waals surface area contributed by atoms with E-state index in [2.05, 4.69) is 26.2 Å². The minimum Gasteiger partial charge on any atom is -0.397 e. The summed E-state index contributed by atoms with van der Waals surface area (Å²) < 4.78 is 6.27. The van der Waals surface area contributed by atoms with Crippen LogP contribution in [0.15, 0.2) is 46.9 Å². The number of nitrogens with two attached hydrogens (primary N) is 1. The average molecular weight is 456 g/mol. The van der Waals surface area contributed by atoms with Crippen LogP contribution in [0.4, 0.5) is 11.4 Å². The fourth-order valence-electron chi connectivity index (χ4n) is 3.33. The van der Waals surface area contributed by atoms with Crippen molar-refractivity contribution in [2.45, 2.75) is 13.5 Å². The summed E-state index contributed by atoms with van der Waals surface area (Å²) in [5.41, 5.74) is 9.34. The number of carbonyl (C=O) groups excluding carboxylic acids is 1. The average Bonchev–Trinajstić information content (AvgIpc) is 3.01. The number of benzene rings is 2. The molecule has 4 rings (SSSR count). The second-order valence-electron chi connectivity index (χ2n) is 6.48. The maximum atomic E-state index is 13.0. The molecule has 1 amide bonds. The highest BCUT2D eigenvalue weighted by molar-refractivity contribution is 9.10. The van der Waals surface area contributed by atoms with E-state index in [1.54, 1.807) is 7.11 Å². The van der Waals surface area contributed by atoms with E-state index >= 15 is 0 Å². The molecule has 7 heteroatoms. The molecule has 5 nitrogen and oxygen atoms in total. The van der Waals surface area contributed by atoms with Crippen LogP contribution >= 0.6 is 27.3 Å². The van der Waals surface area contributed by atoms with Crippen LogP contribution in [-0.4, -0.2) is 18.0 Å². The van der Waals surface area contributed by atoms with Gasteiger partial charge in [-0.2, -0.15) is 0 Å². The molecule has 4 aromatic rings. The molecular formula is C21H18BrN3O2S. The molecular weight excluding hydrogens is 438 g/mol. The third-order valence-corrected chi connectivity index (χ3v) is 6.32. The van der Waals surface area contributed by atoms with Crippen LogP contribution in [0.2, 0.25) is 0 Å². The second kappa shape index (κ2) is 7.50. The van der Waals surface area contributed by atoms with Gasteiger partial charge in [-0.3, -0.25) is 4.79 Å². The molecule has 0 radical (unpaired) electrons. The number of amides is 1. The fraction of sp³-hybridized carbons (Fsp3) is 0.143. The Kier molecular flexibility index (Phi) is 5.05. The molecule has 142 valence electrons. The smallest absolute Gasteiger partial charge is 0.267 e. The molecule has 0 bridgehead atoms. The van der Waals surface area contributed by atoms with Crippen molar-refractivity contribution in [3.63, 3.8) is 0 Å². The molecule has 28 heavy (non-hydrogen) atoms. The van der Waals surface area contributed by atoms with Crippen molar-refractivity contribution < 1.29 is 9.53 Å². The van der Waals surface area contributed by atoms with Gasteiger partial charge in [-0.15, -0.1) is 11.3 Å². The van der Waals surface area contributed by atoms with Crippen molar-refractivity contribution in [3.05, 3.63) is 63.1 Å². The van der Waals surface area contributed by atoms with Crippen LogP contribution in [0, 0.1) is 6.92 Å². The van der Waals surface area contributed by atoms with Crippen molar-refractivity contribution in [2.75, 3.05) is 18.2 Å². The number of aromatic nitrogens is 1. The Bertz CT molecular complexity index is 1220. The molecule has 0 aliphatic rings. The van der Waals surface area contributed by atoms with Crippen molar-refractivity contribution in [1.29, 1.82) is 0 Å². The molecule has 0 aliphatic heterocycles. The molecule has 2 aromatic heterocycles. The number of carbonyl (C=O) groups is 1. The van der Waals surface area contributed by atoms with Crippen molar-refractivity contribution >= 4 is 65.5 Å². The van der Waals surface area contributed by atoms with Crippen LogP contribution in [0.5, 0.6) is 0 Å². The van der Waals surface area contributed by atoms with Gasteiger partial charge in [-0.1, -0.05) is 40.2 Å². The molecule has 2 aromatic carbocycles. The quantitative estimate of drug-likeness (QED) is 0.425.